The monoisotopic (exact) mass is 270 g/mol. The first-order valence-corrected chi connectivity index (χ1v) is 7.18. The fraction of sp³-hybridized carbons (Fsp3) is 0.833. The molecule has 1 aromatic rings. The highest BCUT2D eigenvalue weighted by molar-refractivity contribution is 7.05. The van der Waals surface area contributed by atoms with Crippen molar-refractivity contribution in [2.24, 2.45) is 11.8 Å². The standard InChI is InChI=1S/C12H22N4OS/c1-12(2,3)11-10(18-16-15-11)9(14-13)8-5-4-6-17-7-8/h8-9,14H,4-7,13H2,1-3H3. The molecule has 2 atom stereocenters. The zero-order chi connectivity index (χ0) is 13.2. The zero-order valence-corrected chi connectivity index (χ0v) is 12.1. The molecule has 0 aromatic carbocycles. The van der Waals surface area contributed by atoms with Crippen LogP contribution in [0.4, 0.5) is 0 Å². The minimum absolute atomic E-state index is 0.00699. The second kappa shape index (κ2) is 5.61. The Balaban J connectivity index is 2.24. The number of hydrogen-bond donors (Lipinski definition) is 2. The molecule has 1 fully saturated rings. The van der Waals surface area contributed by atoms with Crippen LogP contribution in [0.5, 0.6) is 0 Å². The molecule has 0 spiro atoms. The molecule has 5 nitrogen and oxygen atoms in total. The summed E-state index contributed by atoms with van der Waals surface area (Å²) in [6, 6.07) is 0.0968. The first-order chi connectivity index (χ1) is 8.54. The van der Waals surface area contributed by atoms with E-state index < -0.39 is 0 Å². The summed E-state index contributed by atoms with van der Waals surface area (Å²) in [6.45, 7) is 8.08. The zero-order valence-electron chi connectivity index (χ0n) is 11.3. The van der Waals surface area contributed by atoms with Gasteiger partial charge in [-0.25, -0.2) is 0 Å². The van der Waals surface area contributed by atoms with Gasteiger partial charge in [-0.15, -0.1) is 5.10 Å². The average Bonchev–Trinajstić information content (AvgIpc) is 2.80. The van der Waals surface area contributed by atoms with Gasteiger partial charge in [0.15, 0.2) is 0 Å². The number of rotatable bonds is 3. The lowest BCUT2D eigenvalue weighted by Gasteiger charge is -2.30. The molecule has 1 aliphatic rings. The van der Waals surface area contributed by atoms with E-state index in [0.29, 0.717) is 5.92 Å². The van der Waals surface area contributed by atoms with Crippen LogP contribution >= 0.6 is 11.5 Å². The summed E-state index contributed by atoms with van der Waals surface area (Å²) in [4.78, 5) is 1.15. The van der Waals surface area contributed by atoms with Crippen molar-refractivity contribution in [1.82, 2.24) is 15.0 Å². The molecule has 0 amide bonds. The summed E-state index contributed by atoms with van der Waals surface area (Å²) in [5, 5.41) is 4.28. The van der Waals surface area contributed by atoms with Gasteiger partial charge in [0.25, 0.3) is 0 Å². The van der Waals surface area contributed by atoms with E-state index >= 15 is 0 Å². The van der Waals surface area contributed by atoms with Crippen molar-refractivity contribution in [2.45, 2.75) is 45.1 Å². The van der Waals surface area contributed by atoms with E-state index in [0.717, 1.165) is 36.6 Å². The number of nitrogens with zero attached hydrogens (tertiary/aromatic N) is 2. The van der Waals surface area contributed by atoms with Gasteiger partial charge in [-0.05, 0) is 24.4 Å². The third-order valence-electron chi connectivity index (χ3n) is 3.35. The Labute approximate surface area is 112 Å². The Morgan fingerprint density at radius 2 is 2.28 bits per heavy atom. The van der Waals surface area contributed by atoms with Gasteiger partial charge in [0, 0.05) is 17.9 Å². The van der Waals surface area contributed by atoms with Crippen molar-refractivity contribution in [2.75, 3.05) is 13.2 Å². The summed E-state index contributed by atoms with van der Waals surface area (Å²) < 4.78 is 9.66. The molecule has 6 heteroatoms. The lowest BCUT2D eigenvalue weighted by Crippen LogP contribution is -2.38. The molecule has 0 bridgehead atoms. The van der Waals surface area contributed by atoms with Gasteiger partial charge in [0.1, 0.15) is 0 Å². The Bertz CT molecular complexity index is 382. The van der Waals surface area contributed by atoms with E-state index in [-0.39, 0.29) is 11.5 Å². The predicted molar refractivity (Wildman–Crippen MR) is 72.2 cm³/mol. The van der Waals surface area contributed by atoms with E-state index in [2.05, 4.69) is 35.8 Å². The SMILES string of the molecule is CC(C)(C)c1nnsc1C(NN)C1CCCOC1. The molecular weight excluding hydrogens is 248 g/mol. The van der Waals surface area contributed by atoms with Crippen molar-refractivity contribution in [3.8, 4) is 0 Å². The molecule has 2 heterocycles. The van der Waals surface area contributed by atoms with Crippen LogP contribution in [0.2, 0.25) is 0 Å². The second-order valence-electron chi connectivity index (χ2n) is 5.86. The summed E-state index contributed by atoms with van der Waals surface area (Å²) in [5.74, 6) is 6.16. The highest BCUT2D eigenvalue weighted by Crippen LogP contribution is 2.35. The molecule has 18 heavy (non-hydrogen) atoms. The van der Waals surface area contributed by atoms with Crippen LogP contribution in [0.25, 0.3) is 0 Å². The van der Waals surface area contributed by atoms with Gasteiger partial charge in [0.05, 0.1) is 23.2 Å². The maximum atomic E-state index is 5.75. The lowest BCUT2D eigenvalue weighted by molar-refractivity contribution is 0.0393. The molecule has 0 radical (unpaired) electrons. The molecule has 1 aromatic heterocycles. The quantitative estimate of drug-likeness (QED) is 0.647. The third kappa shape index (κ3) is 2.88. The van der Waals surface area contributed by atoms with Crippen LogP contribution in [0.1, 0.15) is 50.2 Å². The van der Waals surface area contributed by atoms with E-state index in [1.165, 1.54) is 11.5 Å². The smallest absolute Gasteiger partial charge is 0.0857 e. The first kappa shape index (κ1) is 13.9. The van der Waals surface area contributed by atoms with Gasteiger partial charge in [-0.3, -0.25) is 11.3 Å². The number of nitrogens with two attached hydrogens (primary N) is 1. The lowest BCUT2D eigenvalue weighted by atomic mass is 9.86. The predicted octanol–water partition coefficient (Wildman–Crippen LogP) is 1.77. The number of ether oxygens (including phenoxy) is 1. The molecule has 102 valence electrons. The largest absolute Gasteiger partial charge is 0.381 e. The fourth-order valence-corrected chi connectivity index (χ4v) is 3.39. The number of nitrogens with one attached hydrogen (secondary N) is 1. The summed E-state index contributed by atoms with van der Waals surface area (Å²) in [6.07, 6.45) is 2.23. The summed E-state index contributed by atoms with van der Waals surface area (Å²) in [7, 11) is 0. The van der Waals surface area contributed by atoms with E-state index in [1.807, 2.05) is 0 Å². The van der Waals surface area contributed by atoms with Crippen LogP contribution in [0.15, 0.2) is 0 Å². The van der Waals surface area contributed by atoms with Crippen LogP contribution in [-0.2, 0) is 10.2 Å². The Hall–Kier alpha value is -0.560. The van der Waals surface area contributed by atoms with Crippen LogP contribution < -0.4 is 11.3 Å². The van der Waals surface area contributed by atoms with Gasteiger partial charge in [-0.1, -0.05) is 25.3 Å². The number of hydrogen-bond acceptors (Lipinski definition) is 6. The van der Waals surface area contributed by atoms with Crippen molar-refractivity contribution in [3.05, 3.63) is 10.6 Å². The average molecular weight is 270 g/mol. The van der Waals surface area contributed by atoms with Crippen LogP contribution in [-0.4, -0.2) is 22.8 Å². The normalized spacial score (nSPS) is 23.0. The minimum atomic E-state index is -0.00699. The van der Waals surface area contributed by atoms with E-state index in [9.17, 15) is 0 Å². The minimum Gasteiger partial charge on any atom is -0.381 e. The van der Waals surface area contributed by atoms with Gasteiger partial charge in [-0.2, -0.15) is 0 Å². The highest BCUT2D eigenvalue weighted by atomic mass is 32.1. The molecular formula is C12H22N4OS. The fourth-order valence-electron chi connectivity index (χ4n) is 2.38. The Kier molecular flexibility index (Phi) is 4.32. The third-order valence-corrected chi connectivity index (χ3v) is 4.16. The summed E-state index contributed by atoms with van der Waals surface area (Å²) in [5.41, 5.74) is 3.97. The molecule has 1 saturated heterocycles. The molecule has 2 rings (SSSR count). The molecule has 1 aliphatic heterocycles. The topological polar surface area (TPSA) is 73.1 Å². The Morgan fingerprint density at radius 1 is 1.50 bits per heavy atom. The van der Waals surface area contributed by atoms with Crippen molar-refractivity contribution in [3.63, 3.8) is 0 Å². The van der Waals surface area contributed by atoms with E-state index in [4.69, 9.17) is 10.6 Å². The Morgan fingerprint density at radius 3 is 2.83 bits per heavy atom. The number of aromatic nitrogens is 2. The maximum Gasteiger partial charge on any atom is 0.0857 e. The van der Waals surface area contributed by atoms with E-state index in [1.54, 1.807) is 0 Å². The second-order valence-corrected chi connectivity index (χ2v) is 6.64. The van der Waals surface area contributed by atoms with Gasteiger partial charge < -0.3 is 4.74 Å². The van der Waals surface area contributed by atoms with Crippen LogP contribution in [0.3, 0.4) is 0 Å². The van der Waals surface area contributed by atoms with Crippen molar-refractivity contribution < 1.29 is 4.74 Å². The summed E-state index contributed by atoms with van der Waals surface area (Å²) >= 11 is 1.44. The van der Waals surface area contributed by atoms with Crippen molar-refractivity contribution >= 4 is 11.5 Å². The maximum absolute atomic E-state index is 5.75. The van der Waals surface area contributed by atoms with Gasteiger partial charge >= 0.3 is 0 Å². The first-order valence-electron chi connectivity index (χ1n) is 6.40. The van der Waals surface area contributed by atoms with Crippen LogP contribution in [0, 0.1) is 5.92 Å². The number of hydrazine groups is 1. The molecule has 0 saturated carbocycles. The molecule has 3 N–H and O–H groups in total. The molecule has 2 unspecified atom stereocenters. The van der Waals surface area contributed by atoms with Gasteiger partial charge in [0.2, 0.25) is 0 Å². The highest BCUT2D eigenvalue weighted by Gasteiger charge is 2.32. The molecule has 0 aliphatic carbocycles. The van der Waals surface area contributed by atoms with Crippen molar-refractivity contribution in [1.29, 1.82) is 0 Å².